The van der Waals surface area contributed by atoms with Gasteiger partial charge in [-0.2, -0.15) is 13.2 Å². The highest BCUT2D eigenvalue weighted by Crippen LogP contribution is 2.35. The lowest BCUT2D eigenvalue weighted by Crippen LogP contribution is -2.63. The fourth-order valence-corrected chi connectivity index (χ4v) is 5.97. The van der Waals surface area contributed by atoms with Crippen LogP contribution in [0.25, 0.3) is 0 Å². The Morgan fingerprint density at radius 1 is 1.14 bits per heavy atom. The SMILES string of the molecule is O=C(N[C@]1(S(=O)(=O)c2cccc(C(F)(F)F)c2)CCCNC1)C1CCCCC1. The van der Waals surface area contributed by atoms with Gasteiger partial charge >= 0.3 is 6.18 Å². The molecule has 0 spiro atoms. The number of amides is 1. The van der Waals surface area contributed by atoms with Crippen molar-refractivity contribution in [1.29, 1.82) is 0 Å². The molecule has 1 aliphatic heterocycles. The van der Waals surface area contributed by atoms with Crippen molar-refractivity contribution in [2.45, 2.75) is 60.9 Å². The van der Waals surface area contributed by atoms with Gasteiger partial charge in [0.25, 0.3) is 0 Å². The van der Waals surface area contributed by atoms with Gasteiger partial charge in [-0.1, -0.05) is 25.3 Å². The average molecular weight is 418 g/mol. The van der Waals surface area contributed by atoms with E-state index in [9.17, 15) is 26.4 Å². The van der Waals surface area contributed by atoms with Crippen LogP contribution in [0.15, 0.2) is 29.2 Å². The molecule has 1 heterocycles. The molecule has 1 aromatic carbocycles. The summed E-state index contributed by atoms with van der Waals surface area (Å²) in [6.45, 7) is 0.573. The standard InChI is InChI=1S/C19H25F3N2O3S/c20-19(21,22)15-8-4-9-16(12-15)28(26,27)18(10-5-11-23-13-18)24-17(25)14-6-2-1-3-7-14/h4,8-9,12,14,23H,1-3,5-7,10-11,13H2,(H,24,25)/t18-/m0/s1. The van der Waals surface area contributed by atoms with Gasteiger partial charge in [-0.3, -0.25) is 4.79 Å². The van der Waals surface area contributed by atoms with E-state index in [1.165, 1.54) is 0 Å². The third-order valence-electron chi connectivity index (χ3n) is 5.66. The molecule has 1 amide bonds. The van der Waals surface area contributed by atoms with Crippen molar-refractivity contribution < 1.29 is 26.4 Å². The Morgan fingerprint density at radius 2 is 1.86 bits per heavy atom. The summed E-state index contributed by atoms with van der Waals surface area (Å²) in [5.41, 5.74) is -1.02. The third-order valence-corrected chi connectivity index (χ3v) is 8.01. The predicted octanol–water partition coefficient (Wildman–Crippen LogP) is 3.26. The Labute approximate surface area is 163 Å². The molecule has 1 saturated heterocycles. The number of nitrogens with one attached hydrogen (secondary N) is 2. The van der Waals surface area contributed by atoms with Gasteiger partial charge in [0.2, 0.25) is 15.7 Å². The zero-order valence-corrected chi connectivity index (χ0v) is 16.3. The van der Waals surface area contributed by atoms with E-state index >= 15 is 0 Å². The summed E-state index contributed by atoms with van der Waals surface area (Å²) in [5.74, 6) is -0.566. The maximum Gasteiger partial charge on any atom is 0.416 e. The second kappa shape index (κ2) is 8.02. The second-order valence-electron chi connectivity index (χ2n) is 7.63. The van der Waals surface area contributed by atoms with Gasteiger partial charge < -0.3 is 10.6 Å². The van der Waals surface area contributed by atoms with Crippen LogP contribution in [-0.2, 0) is 20.8 Å². The first-order chi connectivity index (χ1) is 13.2. The lowest BCUT2D eigenvalue weighted by atomic mass is 9.88. The minimum atomic E-state index is -4.64. The van der Waals surface area contributed by atoms with E-state index in [4.69, 9.17) is 0 Å². The molecule has 1 aliphatic carbocycles. The largest absolute Gasteiger partial charge is 0.416 e. The molecule has 0 aromatic heterocycles. The highest BCUT2D eigenvalue weighted by atomic mass is 32.2. The van der Waals surface area contributed by atoms with Gasteiger partial charge in [-0.15, -0.1) is 0 Å². The van der Waals surface area contributed by atoms with Crippen LogP contribution >= 0.6 is 0 Å². The minimum Gasteiger partial charge on any atom is -0.335 e. The third kappa shape index (κ3) is 4.20. The van der Waals surface area contributed by atoms with Crippen LogP contribution in [0.1, 0.15) is 50.5 Å². The van der Waals surface area contributed by atoms with Crippen LogP contribution in [0.5, 0.6) is 0 Å². The fourth-order valence-electron chi connectivity index (χ4n) is 4.04. The van der Waals surface area contributed by atoms with Crippen LogP contribution in [-0.4, -0.2) is 32.3 Å². The van der Waals surface area contributed by atoms with E-state index in [1.807, 2.05) is 0 Å². The molecule has 0 unspecified atom stereocenters. The summed E-state index contributed by atoms with van der Waals surface area (Å²) in [5, 5.41) is 5.72. The summed E-state index contributed by atoms with van der Waals surface area (Å²) < 4.78 is 66.0. The Kier molecular flexibility index (Phi) is 6.05. The monoisotopic (exact) mass is 418 g/mol. The summed E-state index contributed by atoms with van der Waals surface area (Å²) in [6.07, 6.45) is 0.333. The smallest absolute Gasteiger partial charge is 0.335 e. The van der Waals surface area contributed by atoms with Gasteiger partial charge in [0.1, 0.15) is 0 Å². The number of rotatable bonds is 4. The lowest BCUT2D eigenvalue weighted by molar-refractivity contribution is -0.137. The second-order valence-corrected chi connectivity index (χ2v) is 9.89. The topological polar surface area (TPSA) is 75.3 Å². The first-order valence-electron chi connectivity index (χ1n) is 9.60. The number of benzene rings is 1. The van der Waals surface area contributed by atoms with E-state index in [0.717, 1.165) is 37.5 Å². The van der Waals surface area contributed by atoms with Crippen molar-refractivity contribution in [1.82, 2.24) is 10.6 Å². The summed E-state index contributed by atoms with van der Waals surface area (Å²) in [4.78, 5) is 10.7. The molecule has 0 bridgehead atoms. The van der Waals surface area contributed by atoms with Crippen molar-refractivity contribution in [3.63, 3.8) is 0 Å². The number of carbonyl (C=O) groups excluding carboxylic acids is 1. The maximum atomic E-state index is 13.4. The van der Waals surface area contributed by atoms with Crippen molar-refractivity contribution in [2.24, 2.45) is 5.92 Å². The van der Waals surface area contributed by atoms with E-state index in [0.29, 0.717) is 31.9 Å². The normalized spacial score (nSPS) is 24.7. The first kappa shape index (κ1) is 21.1. The maximum absolute atomic E-state index is 13.4. The number of sulfone groups is 1. The van der Waals surface area contributed by atoms with Gasteiger partial charge in [0.15, 0.2) is 4.87 Å². The molecule has 3 rings (SSSR count). The Hall–Kier alpha value is -1.61. The number of hydrogen-bond acceptors (Lipinski definition) is 4. The molecule has 28 heavy (non-hydrogen) atoms. The van der Waals surface area contributed by atoms with Gasteiger partial charge in [0, 0.05) is 12.5 Å². The molecule has 1 saturated carbocycles. The molecule has 9 heteroatoms. The zero-order chi connectivity index (χ0) is 20.4. The molecule has 2 fully saturated rings. The molecular formula is C19H25F3N2O3S. The molecule has 2 N–H and O–H groups in total. The predicted molar refractivity (Wildman–Crippen MR) is 98.2 cm³/mol. The molecule has 156 valence electrons. The summed E-state index contributed by atoms with van der Waals surface area (Å²) in [7, 11) is -4.23. The molecule has 1 atom stereocenters. The van der Waals surface area contributed by atoms with Gasteiger partial charge in [0.05, 0.1) is 10.5 Å². The minimum absolute atomic E-state index is 0.0238. The quantitative estimate of drug-likeness (QED) is 0.787. The van der Waals surface area contributed by atoms with Crippen LogP contribution in [0, 0.1) is 5.92 Å². The molecule has 1 aromatic rings. The first-order valence-corrected chi connectivity index (χ1v) is 11.1. The number of piperidine rings is 1. The molecule has 5 nitrogen and oxygen atoms in total. The average Bonchev–Trinajstić information content (AvgIpc) is 2.68. The lowest BCUT2D eigenvalue weighted by Gasteiger charge is -2.39. The molecule has 2 aliphatic rings. The molecular weight excluding hydrogens is 393 g/mol. The van der Waals surface area contributed by atoms with Crippen molar-refractivity contribution >= 4 is 15.7 Å². The number of hydrogen-bond donors (Lipinski definition) is 2. The van der Waals surface area contributed by atoms with Crippen LogP contribution < -0.4 is 10.6 Å². The van der Waals surface area contributed by atoms with Crippen LogP contribution in [0.4, 0.5) is 13.2 Å². The molecule has 0 radical (unpaired) electrons. The summed E-state index contributed by atoms with van der Waals surface area (Å²) in [6, 6.07) is 3.74. The van der Waals surface area contributed by atoms with Crippen molar-refractivity contribution in [3.05, 3.63) is 29.8 Å². The summed E-state index contributed by atoms with van der Waals surface area (Å²) >= 11 is 0. The van der Waals surface area contributed by atoms with Crippen molar-refractivity contribution in [3.8, 4) is 0 Å². The van der Waals surface area contributed by atoms with Crippen molar-refractivity contribution in [2.75, 3.05) is 13.1 Å². The van der Waals surface area contributed by atoms with E-state index in [-0.39, 0.29) is 24.8 Å². The Morgan fingerprint density at radius 3 is 2.46 bits per heavy atom. The zero-order valence-electron chi connectivity index (χ0n) is 15.5. The highest BCUT2D eigenvalue weighted by molar-refractivity contribution is 7.92. The highest BCUT2D eigenvalue weighted by Gasteiger charge is 2.48. The van der Waals surface area contributed by atoms with Crippen LogP contribution in [0.3, 0.4) is 0 Å². The van der Waals surface area contributed by atoms with Gasteiger partial charge in [-0.05, 0) is 50.4 Å². The number of alkyl halides is 3. The fraction of sp³-hybridized carbons (Fsp3) is 0.632. The number of carbonyl (C=O) groups is 1. The Bertz CT molecular complexity index is 812. The van der Waals surface area contributed by atoms with E-state index in [1.54, 1.807) is 0 Å². The Balaban J connectivity index is 1.95. The van der Waals surface area contributed by atoms with Gasteiger partial charge in [-0.25, -0.2) is 8.42 Å². The number of halogens is 3. The van der Waals surface area contributed by atoms with E-state index in [2.05, 4.69) is 10.6 Å². The van der Waals surface area contributed by atoms with Crippen LogP contribution in [0.2, 0.25) is 0 Å². The van der Waals surface area contributed by atoms with E-state index < -0.39 is 31.3 Å².